The lowest BCUT2D eigenvalue weighted by Gasteiger charge is -2.17. The number of carbonyl (C=O) groups excluding carboxylic acids is 1. The highest BCUT2D eigenvalue weighted by atomic mass is 16.7. The fraction of sp³-hybridized carbons (Fsp3) is 0.278. The van der Waals surface area contributed by atoms with Crippen molar-refractivity contribution in [3.8, 4) is 11.5 Å². The summed E-state index contributed by atoms with van der Waals surface area (Å²) in [5.41, 5.74) is 0.813. The van der Waals surface area contributed by atoms with Gasteiger partial charge in [0.05, 0.1) is 29.7 Å². The van der Waals surface area contributed by atoms with E-state index in [9.17, 15) is 25.1 Å². The molecule has 0 spiro atoms. The zero-order valence-electron chi connectivity index (χ0n) is 14.8. The smallest absolute Gasteiger partial charge is 0.270 e. The number of nitrogens with zero attached hydrogens (tertiary/aromatic N) is 1. The summed E-state index contributed by atoms with van der Waals surface area (Å²) in [6, 6.07) is 8.29. The van der Waals surface area contributed by atoms with Gasteiger partial charge in [-0.2, -0.15) is 0 Å². The SMILES string of the molecule is O=C(NCc1ccc2c(c1)OCO2)c1cc([N+](=O)[O-])ccc1NC(CO)CO. The molecular weight excluding hydrogens is 370 g/mol. The van der Waals surface area contributed by atoms with E-state index in [4.69, 9.17) is 9.47 Å². The van der Waals surface area contributed by atoms with Crippen molar-refractivity contribution >= 4 is 17.3 Å². The number of nitro benzene ring substituents is 1. The Balaban J connectivity index is 1.78. The third-order valence-corrected chi connectivity index (χ3v) is 4.15. The highest BCUT2D eigenvalue weighted by molar-refractivity contribution is 6.00. The molecule has 4 N–H and O–H groups in total. The molecule has 0 bridgehead atoms. The van der Waals surface area contributed by atoms with Gasteiger partial charge < -0.3 is 30.3 Å². The molecule has 0 saturated heterocycles. The first-order valence-corrected chi connectivity index (χ1v) is 8.45. The minimum absolute atomic E-state index is 0.0295. The summed E-state index contributed by atoms with van der Waals surface area (Å²) in [6.07, 6.45) is 0. The third kappa shape index (κ3) is 4.30. The molecule has 0 aromatic heterocycles. The van der Waals surface area contributed by atoms with Crippen LogP contribution in [0, 0.1) is 10.1 Å². The molecule has 0 fully saturated rings. The van der Waals surface area contributed by atoms with Crippen LogP contribution in [0.5, 0.6) is 11.5 Å². The number of aliphatic hydroxyl groups excluding tert-OH is 2. The standard InChI is InChI=1S/C18H19N3O7/c22-8-12(9-23)20-15-3-2-13(21(25)26)6-14(15)18(24)19-7-11-1-4-16-17(5-11)28-10-27-16/h1-6,12,20,22-23H,7-10H2,(H,19,24). The Bertz CT molecular complexity index is 883. The van der Waals surface area contributed by atoms with Crippen molar-refractivity contribution in [3.05, 3.63) is 57.6 Å². The Morgan fingerprint density at radius 1 is 1.14 bits per heavy atom. The van der Waals surface area contributed by atoms with Gasteiger partial charge in [-0.3, -0.25) is 14.9 Å². The van der Waals surface area contributed by atoms with Crippen LogP contribution in [0.1, 0.15) is 15.9 Å². The quantitative estimate of drug-likeness (QED) is 0.387. The number of amides is 1. The lowest BCUT2D eigenvalue weighted by atomic mass is 10.1. The molecule has 3 rings (SSSR count). The van der Waals surface area contributed by atoms with Crippen LogP contribution in [0.3, 0.4) is 0 Å². The average molecular weight is 389 g/mol. The molecule has 10 heteroatoms. The molecule has 0 aliphatic carbocycles. The van der Waals surface area contributed by atoms with Crippen LogP contribution < -0.4 is 20.1 Å². The second-order valence-corrected chi connectivity index (χ2v) is 6.06. The molecule has 1 amide bonds. The molecule has 0 atom stereocenters. The lowest BCUT2D eigenvalue weighted by Crippen LogP contribution is -2.30. The number of aliphatic hydroxyl groups is 2. The van der Waals surface area contributed by atoms with E-state index in [1.807, 2.05) is 0 Å². The molecule has 10 nitrogen and oxygen atoms in total. The summed E-state index contributed by atoms with van der Waals surface area (Å²) < 4.78 is 10.5. The van der Waals surface area contributed by atoms with E-state index in [0.717, 1.165) is 11.6 Å². The van der Waals surface area contributed by atoms with Crippen molar-refractivity contribution in [2.45, 2.75) is 12.6 Å². The van der Waals surface area contributed by atoms with Crippen molar-refractivity contribution in [2.24, 2.45) is 0 Å². The van der Waals surface area contributed by atoms with E-state index < -0.39 is 16.9 Å². The average Bonchev–Trinajstić information content (AvgIpc) is 3.18. The highest BCUT2D eigenvalue weighted by Crippen LogP contribution is 2.32. The Kier molecular flexibility index (Phi) is 5.92. The fourth-order valence-corrected chi connectivity index (χ4v) is 2.66. The Hall–Kier alpha value is -3.37. The number of carbonyl (C=O) groups is 1. The van der Waals surface area contributed by atoms with E-state index in [1.165, 1.54) is 12.1 Å². The Morgan fingerprint density at radius 2 is 1.89 bits per heavy atom. The van der Waals surface area contributed by atoms with Gasteiger partial charge in [-0.05, 0) is 23.8 Å². The molecule has 2 aromatic rings. The van der Waals surface area contributed by atoms with E-state index in [2.05, 4.69) is 10.6 Å². The van der Waals surface area contributed by atoms with Crippen LogP contribution in [0.25, 0.3) is 0 Å². The molecule has 0 unspecified atom stereocenters. The van der Waals surface area contributed by atoms with Gasteiger partial charge in [0.2, 0.25) is 6.79 Å². The van der Waals surface area contributed by atoms with Crippen LogP contribution in [0.2, 0.25) is 0 Å². The molecular formula is C18H19N3O7. The topological polar surface area (TPSA) is 143 Å². The van der Waals surface area contributed by atoms with Crippen LogP contribution in [0.15, 0.2) is 36.4 Å². The third-order valence-electron chi connectivity index (χ3n) is 4.15. The highest BCUT2D eigenvalue weighted by Gasteiger charge is 2.19. The van der Waals surface area contributed by atoms with Crippen LogP contribution >= 0.6 is 0 Å². The number of anilines is 1. The van der Waals surface area contributed by atoms with Gasteiger partial charge in [0.15, 0.2) is 11.5 Å². The van der Waals surface area contributed by atoms with Gasteiger partial charge in [-0.15, -0.1) is 0 Å². The van der Waals surface area contributed by atoms with Gasteiger partial charge >= 0.3 is 0 Å². The largest absolute Gasteiger partial charge is 0.454 e. The predicted molar refractivity (Wildman–Crippen MR) is 98.4 cm³/mol. The first kappa shape index (κ1) is 19.4. The summed E-state index contributed by atoms with van der Waals surface area (Å²) in [6.45, 7) is -0.427. The van der Waals surface area contributed by atoms with E-state index in [1.54, 1.807) is 18.2 Å². The van der Waals surface area contributed by atoms with Crippen LogP contribution in [-0.4, -0.2) is 47.1 Å². The molecule has 28 heavy (non-hydrogen) atoms. The Labute approximate surface area is 159 Å². The van der Waals surface area contributed by atoms with E-state index in [0.29, 0.717) is 11.5 Å². The molecule has 0 saturated carbocycles. The maximum Gasteiger partial charge on any atom is 0.270 e. The second-order valence-electron chi connectivity index (χ2n) is 6.06. The zero-order chi connectivity index (χ0) is 20.1. The Morgan fingerprint density at radius 3 is 2.61 bits per heavy atom. The summed E-state index contributed by atoms with van der Waals surface area (Å²) >= 11 is 0. The second kappa shape index (κ2) is 8.55. The normalized spacial score (nSPS) is 12.1. The van der Waals surface area contributed by atoms with Crippen molar-refractivity contribution < 1.29 is 29.4 Å². The zero-order valence-corrected chi connectivity index (χ0v) is 14.8. The van der Waals surface area contributed by atoms with E-state index in [-0.39, 0.29) is 43.5 Å². The first-order chi connectivity index (χ1) is 13.5. The van der Waals surface area contributed by atoms with Crippen LogP contribution in [-0.2, 0) is 6.54 Å². The molecule has 2 aromatic carbocycles. The summed E-state index contributed by atoms with van der Waals surface area (Å²) in [7, 11) is 0. The maximum atomic E-state index is 12.7. The molecule has 1 aliphatic rings. The van der Waals surface area contributed by atoms with Crippen LogP contribution in [0.4, 0.5) is 11.4 Å². The summed E-state index contributed by atoms with van der Waals surface area (Å²) in [4.78, 5) is 23.1. The molecule has 1 aliphatic heterocycles. The molecule has 0 radical (unpaired) electrons. The van der Waals surface area contributed by atoms with Crippen molar-refractivity contribution in [1.29, 1.82) is 0 Å². The number of rotatable bonds is 8. The summed E-state index contributed by atoms with van der Waals surface area (Å²) in [5, 5.41) is 35.0. The number of nitrogens with one attached hydrogen (secondary N) is 2. The van der Waals surface area contributed by atoms with Gasteiger partial charge in [0, 0.05) is 24.4 Å². The van der Waals surface area contributed by atoms with Gasteiger partial charge in [0.1, 0.15) is 0 Å². The monoisotopic (exact) mass is 389 g/mol. The molecule has 1 heterocycles. The van der Waals surface area contributed by atoms with Crippen molar-refractivity contribution in [2.75, 3.05) is 25.3 Å². The lowest BCUT2D eigenvalue weighted by molar-refractivity contribution is -0.384. The van der Waals surface area contributed by atoms with E-state index >= 15 is 0 Å². The number of nitro groups is 1. The minimum atomic E-state index is -0.707. The van der Waals surface area contributed by atoms with Crippen molar-refractivity contribution in [3.63, 3.8) is 0 Å². The minimum Gasteiger partial charge on any atom is -0.454 e. The van der Waals surface area contributed by atoms with Gasteiger partial charge in [0.25, 0.3) is 11.6 Å². The number of fused-ring (bicyclic) bond motifs is 1. The number of hydrogen-bond acceptors (Lipinski definition) is 8. The number of hydrogen-bond donors (Lipinski definition) is 4. The molecule has 148 valence electrons. The fourth-order valence-electron chi connectivity index (χ4n) is 2.66. The maximum absolute atomic E-state index is 12.7. The van der Waals surface area contributed by atoms with Crippen molar-refractivity contribution in [1.82, 2.24) is 5.32 Å². The number of non-ortho nitro benzene ring substituents is 1. The van der Waals surface area contributed by atoms with Gasteiger partial charge in [-0.25, -0.2) is 0 Å². The summed E-state index contributed by atoms with van der Waals surface area (Å²) in [5.74, 6) is 0.663. The first-order valence-electron chi connectivity index (χ1n) is 8.45. The predicted octanol–water partition coefficient (Wildman–Crippen LogP) is 1.02. The van der Waals surface area contributed by atoms with Gasteiger partial charge in [-0.1, -0.05) is 6.07 Å². The number of benzene rings is 2. The number of ether oxygens (including phenoxy) is 2.